The van der Waals surface area contributed by atoms with Crippen molar-refractivity contribution in [1.82, 2.24) is 20.4 Å². The number of aryl methyl sites for hydroxylation is 2. The van der Waals surface area contributed by atoms with Crippen molar-refractivity contribution in [1.29, 1.82) is 0 Å². The zero-order chi connectivity index (χ0) is 14.6. The summed E-state index contributed by atoms with van der Waals surface area (Å²) in [5, 5.41) is 9.60. The van der Waals surface area contributed by atoms with Crippen molar-refractivity contribution in [2.24, 2.45) is 7.05 Å². The van der Waals surface area contributed by atoms with E-state index in [9.17, 15) is 9.59 Å². The van der Waals surface area contributed by atoms with E-state index in [1.165, 1.54) is 4.68 Å². The number of halogens is 1. The van der Waals surface area contributed by atoms with Crippen LogP contribution in [0.4, 0.5) is 0 Å². The smallest absolute Gasteiger partial charge is 0.271 e. The highest BCUT2D eigenvalue weighted by atomic mass is 35.5. The molecular weight excluding hydrogens is 268 g/mol. The number of aromatic nitrogens is 2. The molecule has 1 aromatic rings. The third kappa shape index (κ3) is 3.47. The summed E-state index contributed by atoms with van der Waals surface area (Å²) in [4.78, 5) is 23.8. The van der Waals surface area contributed by atoms with Crippen molar-refractivity contribution in [3.63, 3.8) is 0 Å². The van der Waals surface area contributed by atoms with Crippen LogP contribution in [0.1, 0.15) is 35.9 Å². The van der Waals surface area contributed by atoms with Crippen LogP contribution in [-0.2, 0) is 11.8 Å². The van der Waals surface area contributed by atoms with Gasteiger partial charge in [0.1, 0.15) is 11.7 Å². The predicted octanol–water partition coefficient (Wildman–Crippen LogP) is 1.03. The molecule has 0 unspecified atom stereocenters. The van der Waals surface area contributed by atoms with Gasteiger partial charge in [0.15, 0.2) is 0 Å². The lowest BCUT2D eigenvalue weighted by Crippen LogP contribution is -2.46. The quantitative estimate of drug-likeness (QED) is 0.849. The molecule has 0 saturated carbocycles. The van der Waals surface area contributed by atoms with Gasteiger partial charge in [-0.15, -0.1) is 0 Å². The minimum absolute atomic E-state index is 0.217. The second-order valence-electron chi connectivity index (χ2n) is 4.30. The van der Waals surface area contributed by atoms with E-state index >= 15 is 0 Å². The molecule has 0 saturated heterocycles. The number of carbonyl (C=O) groups excluding carboxylic acids is 2. The van der Waals surface area contributed by atoms with Crippen molar-refractivity contribution in [2.45, 2.75) is 32.7 Å². The summed E-state index contributed by atoms with van der Waals surface area (Å²) in [5.41, 5.74) is 0.852. The van der Waals surface area contributed by atoms with Gasteiger partial charge in [0.2, 0.25) is 5.91 Å². The molecule has 2 N–H and O–H groups in total. The van der Waals surface area contributed by atoms with Crippen molar-refractivity contribution < 1.29 is 9.59 Å². The summed E-state index contributed by atoms with van der Waals surface area (Å²) >= 11 is 6.04. The second kappa shape index (κ2) is 6.56. The molecule has 0 aromatic carbocycles. The van der Waals surface area contributed by atoms with E-state index < -0.39 is 11.9 Å². The standard InChI is InChI=1S/C12H19ClN4O2/c1-5-6-8(11(18)14-3)15-12(19)10-9(13)7(2)16-17(10)4/h8H,5-6H2,1-4H3,(H,14,18)(H,15,19)/t8-/m0/s1. The van der Waals surface area contributed by atoms with Crippen molar-refractivity contribution in [3.05, 3.63) is 16.4 Å². The Labute approximate surface area is 117 Å². The zero-order valence-electron chi connectivity index (χ0n) is 11.6. The third-order valence-corrected chi connectivity index (χ3v) is 3.26. The number of nitrogens with zero attached hydrogens (tertiary/aromatic N) is 2. The maximum atomic E-state index is 12.2. The summed E-state index contributed by atoms with van der Waals surface area (Å²) in [6.45, 7) is 3.67. The van der Waals surface area contributed by atoms with Gasteiger partial charge in [-0.1, -0.05) is 24.9 Å². The molecule has 0 aliphatic rings. The maximum Gasteiger partial charge on any atom is 0.271 e. The van der Waals surface area contributed by atoms with Crippen LogP contribution < -0.4 is 10.6 Å². The molecule has 0 radical (unpaired) electrons. The van der Waals surface area contributed by atoms with Gasteiger partial charge in [0.25, 0.3) is 5.91 Å². The van der Waals surface area contributed by atoms with Crippen LogP contribution in [0.5, 0.6) is 0 Å². The molecule has 0 bridgehead atoms. The average Bonchev–Trinajstić information content (AvgIpc) is 2.61. The minimum atomic E-state index is -0.561. The van der Waals surface area contributed by atoms with Crippen LogP contribution >= 0.6 is 11.6 Å². The lowest BCUT2D eigenvalue weighted by Gasteiger charge is -2.16. The Balaban J connectivity index is 2.90. The topological polar surface area (TPSA) is 76.0 Å². The maximum absolute atomic E-state index is 12.2. The van der Waals surface area contributed by atoms with Crippen LogP contribution in [-0.4, -0.2) is 34.7 Å². The fourth-order valence-corrected chi connectivity index (χ4v) is 2.08. The first-order valence-electron chi connectivity index (χ1n) is 6.13. The highest BCUT2D eigenvalue weighted by molar-refractivity contribution is 6.34. The summed E-state index contributed by atoms with van der Waals surface area (Å²) in [7, 11) is 3.18. The van der Waals surface area contributed by atoms with Gasteiger partial charge in [-0.05, 0) is 13.3 Å². The Hall–Kier alpha value is -1.56. The summed E-state index contributed by atoms with van der Waals surface area (Å²) in [5.74, 6) is -0.611. The lowest BCUT2D eigenvalue weighted by atomic mass is 10.1. The van der Waals surface area contributed by atoms with E-state index in [1.54, 1.807) is 21.0 Å². The number of hydrogen-bond acceptors (Lipinski definition) is 3. The van der Waals surface area contributed by atoms with Crippen LogP contribution in [0, 0.1) is 6.92 Å². The van der Waals surface area contributed by atoms with Crippen molar-refractivity contribution in [3.8, 4) is 0 Å². The van der Waals surface area contributed by atoms with Gasteiger partial charge in [0, 0.05) is 14.1 Å². The first-order valence-corrected chi connectivity index (χ1v) is 6.51. The fraction of sp³-hybridized carbons (Fsp3) is 0.583. The zero-order valence-corrected chi connectivity index (χ0v) is 12.3. The highest BCUT2D eigenvalue weighted by Crippen LogP contribution is 2.19. The molecule has 1 aromatic heterocycles. The van der Waals surface area contributed by atoms with Crippen LogP contribution in [0.25, 0.3) is 0 Å². The molecule has 1 heterocycles. The van der Waals surface area contributed by atoms with Crippen LogP contribution in [0.2, 0.25) is 5.02 Å². The Bertz CT molecular complexity index is 484. The number of likely N-dealkylation sites (N-methyl/N-ethyl adjacent to an activating group) is 1. The first-order chi connectivity index (χ1) is 8.92. The van der Waals surface area contributed by atoms with E-state index in [0.717, 1.165) is 6.42 Å². The van der Waals surface area contributed by atoms with Gasteiger partial charge in [-0.3, -0.25) is 14.3 Å². The van der Waals surface area contributed by atoms with E-state index in [0.29, 0.717) is 17.1 Å². The molecule has 2 amide bonds. The summed E-state index contributed by atoms with van der Waals surface area (Å²) in [6, 6.07) is -0.561. The SMILES string of the molecule is CCC[C@H](NC(=O)c1c(Cl)c(C)nn1C)C(=O)NC. The summed E-state index contributed by atoms with van der Waals surface area (Å²) < 4.78 is 1.42. The molecule has 1 atom stereocenters. The molecule has 0 spiro atoms. The number of carbonyl (C=O) groups is 2. The minimum Gasteiger partial charge on any atom is -0.357 e. The van der Waals surface area contributed by atoms with E-state index in [1.807, 2.05) is 6.92 Å². The fourth-order valence-electron chi connectivity index (χ4n) is 1.84. The van der Waals surface area contributed by atoms with Gasteiger partial charge >= 0.3 is 0 Å². The van der Waals surface area contributed by atoms with Crippen molar-refractivity contribution in [2.75, 3.05) is 7.05 Å². The van der Waals surface area contributed by atoms with Gasteiger partial charge in [-0.2, -0.15) is 5.10 Å². The molecule has 1 rings (SSSR count). The first kappa shape index (κ1) is 15.5. The number of nitrogens with one attached hydrogen (secondary N) is 2. The molecule has 6 nitrogen and oxygen atoms in total. The molecule has 0 fully saturated rings. The summed E-state index contributed by atoms with van der Waals surface area (Å²) in [6.07, 6.45) is 1.36. The van der Waals surface area contributed by atoms with Crippen LogP contribution in [0.15, 0.2) is 0 Å². The largest absolute Gasteiger partial charge is 0.357 e. The molecule has 106 valence electrons. The molecule has 0 aliphatic heterocycles. The molecule has 0 aliphatic carbocycles. The van der Waals surface area contributed by atoms with Gasteiger partial charge in [-0.25, -0.2) is 0 Å². The number of amides is 2. The van der Waals surface area contributed by atoms with Crippen molar-refractivity contribution >= 4 is 23.4 Å². The third-order valence-electron chi connectivity index (χ3n) is 2.81. The number of hydrogen-bond donors (Lipinski definition) is 2. The molecule has 19 heavy (non-hydrogen) atoms. The lowest BCUT2D eigenvalue weighted by molar-refractivity contribution is -0.122. The average molecular weight is 287 g/mol. The normalized spacial score (nSPS) is 12.1. The molecular formula is C12H19ClN4O2. The Kier molecular flexibility index (Phi) is 5.35. The second-order valence-corrected chi connectivity index (χ2v) is 4.68. The Morgan fingerprint density at radius 1 is 1.47 bits per heavy atom. The number of rotatable bonds is 5. The van der Waals surface area contributed by atoms with Crippen LogP contribution in [0.3, 0.4) is 0 Å². The Morgan fingerprint density at radius 3 is 2.53 bits per heavy atom. The molecule has 7 heteroatoms. The highest BCUT2D eigenvalue weighted by Gasteiger charge is 2.24. The monoisotopic (exact) mass is 286 g/mol. The van der Waals surface area contributed by atoms with Gasteiger partial charge < -0.3 is 10.6 Å². The van der Waals surface area contributed by atoms with E-state index in [2.05, 4.69) is 15.7 Å². The van der Waals surface area contributed by atoms with E-state index in [4.69, 9.17) is 11.6 Å². The van der Waals surface area contributed by atoms with E-state index in [-0.39, 0.29) is 11.6 Å². The Morgan fingerprint density at radius 2 is 2.11 bits per heavy atom. The van der Waals surface area contributed by atoms with Gasteiger partial charge in [0.05, 0.1) is 10.7 Å². The predicted molar refractivity (Wildman–Crippen MR) is 73.2 cm³/mol.